The highest BCUT2D eigenvalue weighted by molar-refractivity contribution is 5.90. The van der Waals surface area contributed by atoms with E-state index < -0.39 is 11.6 Å². The van der Waals surface area contributed by atoms with Crippen LogP contribution in [0.15, 0.2) is 18.6 Å². The monoisotopic (exact) mass is 334 g/mol. The molecule has 1 aromatic rings. The van der Waals surface area contributed by atoms with Crippen molar-refractivity contribution in [3.63, 3.8) is 0 Å². The Morgan fingerprint density at radius 1 is 1.38 bits per heavy atom. The summed E-state index contributed by atoms with van der Waals surface area (Å²) in [5, 5.41) is 2.71. The fourth-order valence-electron chi connectivity index (χ4n) is 3.58. The van der Waals surface area contributed by atoms with Crippen molar-refractivity contribution in [3.8, 4) is 0 Å². The Morgan fingerprint density at radius 3 is 2.92 bits per heavy atom. The molecule has 3 heterocycles. The summed E-state index contributed by atoms with van der Waals surface area (Å²) >= 11 is 0. The molecule has 1 aliphatic carbocycles. The number of aromatic nitrogens is 2. The molecule has 2 saturated heterocycles. The van der Waals surface area contributed by atoms with E-state index in [-0.39, 0.29) is 23.8 Å². The molecule has 128 valence electrons. The van der Waals surface area contributed by atoms with Gasteiger partial charge in [0.2, 0.25) is 5.91 Å². The van der Waals surface area contributed by atoms with Crippen LogP contribution in [-0.2, 0) is 14.3 Å². The van der Waals surface area contributed by atoms with E-state index in [1.165, 1.54) is 18.6 Å². The molecule has 4 rings (SSSR count). The minimum Gasteiger partial charge on any atom is -0.376 e. The summed E-state index contributed by atoms with van der Waals surface area (Å²) in [7, 11) is 0. The first-order valence-electron chi connectivity index (χ1n) is 8.21. The number of alkyl halides is 1. The third kappa shape index (κ3) is 2.86. The lowest BCUT2D eigenvalue weighted by Gasteiger charge is -2.21. The van der Waals surface area contributed by atoms with Crippen LogP contribution in [0, 0.1) is 11.8 Å². The first kappa shape index (κ1) is 15.4. The lowest BCUT2D eigenvalue weighted by molar-refractivity contribution is -0.137. The van der Waals surface area contributed by atoms with Gasteiger partial charge in [-0.1, -0.05) is 0 Å². The number of hydrogen-bond acceptors (Lipinski definition) is 5. The molecular weight excluding hydrogens is 315 g/mol. The van der Waals surface area contributed by atoms with Crippen LogP contribution >= 0.6 is 0 Å². The van der Waals surface area contributed by atoms with E-state index in [9.17, 15) is 14.0 Å². The normalized spacial score (nSPS) is 30.0. The Kier molecular flexibility index (Phi) is 3.71. The summed E-state index contributed by atoms with van der Waals surface area (Å²) < 4.78 is 19.7. The Morgan fingerprint density at radius 2 is 2.21 bits per heavy atom. The molecule has 0 bridgehead atoms. The topological polar surface area (TPSA) is 84.4 Å². The summed E-state index contributed by atoms with van der Waals surface area (Å²) in [6, 6.07) is 0. The van der Waals surface area contributed by atoms with Crippen LogP contribution in [0.1, 0.15) is 19.3 Å². The van der Waals surface area contributed by atoms with E-state index >= 15 is 0 Å². The molecule has 1 saturated carbocycles. The zero-order valence-corrected chi connectivity index (χ0v) is 13.2. The molecule has 2 aliphatic heterocycles. The molecule has 3 aliphatic rings. The number of ether oxygens (including phenoxy) is 1. The van der Waals surface area contributed by atoms with Gasteiger partial charge in [0.25, 0.3) is 5.91 Å². The SMILES string of the molecule is O=C(C[C@@H]1CO[C@@H]2CN(C(=O)C3(F)CC3)C[C@H]12)Nc1cnccn1. The van der Waals surface area contributed by atoms with Gasteiger partial charge in [-0.05, 0) is 18.8 Å². The van der Waals surface area contributed by atoms with E-state index in [0.29, 0.717) is 44.8 Å². The fourth-order valence-corrected chi connectivity index (χ4v) is 3.58. The molecule has 1 aromatic heterocycles. The smallest absolute Gasteiger partial charge is 0.260 e. The van der Waals surface area contributed by atoms with Crippen LogP contribution in [0.25, 0.3) is 0 Å². The molecule has 0 spiro atoms. The number of carbonyl (C=O) groups excluding carboxylic acids is 2. The van der Waals surface area contributed by atoms with Crippen molar-refractivity contribution in [2.75, 3.05) is 25.0 Å². The molecule has 1 N–H and O–H groups in total. The second-order valence-electron chi connectivity index (χ2n) is 6.81. The Balaban J connectivity index is 1.34. The summed E-state index contributed by atoms with van der Waals surface area (Å²) in [6.07, 6.45) is 5.37. The molecule has 8 heteroatoms. The van der Waals surface area contributed by atoms with Crippen LogP contribution in [0.5, 0.6) is 0 Å². The van der Waals surface area contributed by atoms with Gasteiger partial charge in [0.05, 0.1) is 18.9 Å². The highest BCUT2D eigenvalue weighted by Crippen LogP contribution is 2.44. The molecular formula is C16H19FN4O3. The van der Waals surface area contributed by atoms with Crippen molar-refractivity contribution >= 4 is 17.6 Å². The van der Waals surface area contributed by atoms with Gasteiger partial charge in [-0.2, -0.15) is 0 Å². The van der Waals surface area contributed by atoms with Gasteiger partial charge < -0.3 is 15.0 Å². The Hall–Kier alpha value is -2.09. The van der Waals surface area contributed by atoms with Crippen LogP contribution in [0.3, 0.4) is 0 Å². The number of carbonyl (C=O) groups is 2. The number of likely N-dealkylation sites (tertiary alicyclic amines) is 1. The van der Waals surface area contributed by atoms with E-state index in [1.807, 2.05) is 0 Å². The van der Waals surface area contributed by atoms with Crippen LogP contribution in [0.2, 0.25) is 0 Å². The highest BCUT2D eigenvalue weighted by Gasteiger charge is 2.56. The molecule has 0 unspecified atom stereocenters. The molecule has 24 heavy (non-hydrogen) atoms. The zero-order valence-electron chi connectivity index (χ0n) is 13.2. The average molecular weight is 334 g/mol. The van der Waals surface area contributed by atoms with Gasteiger partial charge in [-0.25, -0.2) is 9.37 Å². The van der Waals surface area contributed by atoms with E-state index in [2.05, 4.69) is 15.3 Å². The molecule has 0 radical (unpaired) electrons. The van der Waals surface area contributed by atoms with Crippen molar-refractivity contribution < 1.29 is 18.7 Å². The maximum absolute atomic E-state index is 14.0. The summed E-state index contributed by atoms with van der Waals surface area (Å²) in [4.78, 5) is 33.8. The van der Waals surface area contributed by atoms with Crippen molar-refractivity contribution in [1.29, 1.82) is 0 Å². The highest BCUT2D eigenvalue weighted by atomic mass is 19.1. The molecule has 3 atom stereocenters. The maximum Gasteiger partial charge on any atom is 0.260 e. The lowest BCUT2D eigenvalue weighted by Crippen LogP contribution is -2.38. The predicted octanol–water partition coefficient (Wildman–Crippen LogP) is 0.781. The second-order valence-corrected chi connectivity index (χ2v) is 6.81. The van der Waals surface area contributed by atoms with Crippen molar-refractivity contribution in [3.05, 3.63) is 18.6 Å². The number of hydrogen-bond donors (Lipinski definition) is 1. The van der Waals surface area contributed by atoms with Gasteiger partial charge in [0.15, 0.2) is 11.5 Å². The molecule has 3 fully saturated rings. The number of halogens is 1. The number of amides is 2. The first-order valence-corrected chi connectivity index (χ1v) is 8.21. The number of anilines is 1. The van der Waals surface area contributed by atoms with Crippen LogP contribution < -0.4 is 5.32 Å². The van der Waals surface area contributed by atoms with Gasteiger partial charge >= 0.3 is 0 Å². The predicted molar refractivity (Wildman–Crippen MR) is 81.7 cm³/mol. The Bertz CT molecular complexity index is 652. The van der Waals surface area contributed by atoms with Crippen LogP contribution in [0.4, 0.5) is 10.2 Å². The van der Waals surface area contributed by atoms with E-state index in [0.717, 1.165) is 0 Å². The standard InChI is InChI=1S/C16H19FN4O3/c17-16(1-2-16)15(23)21-7-11-10(9-24-12(11)8-21)5-14(22)20-13-6-18-3-4-19-13/h3-4,6,10-12H,1-2,5,7-9H2,(H,19,20,22)/t10-,11-,12-/m1/s1. The van der Waals surface area contributed by atoms with Crippen molar-refractivity contribution in [2.45, 2.75) is 31.0 Å². The largest absolute Gasteiger partial charge is 0.376 e. The van der Waals surface area contributed by atoms with Crippen LogP contribution in [-0.4, -0.2) is 58.2 Å². The first-order chi connectivity index (χ1) is 11.5. The number of nitrogens with zero attached hydrogens (tertiary/aromatic N) is 3. The number of nitrogens with one attached hydrogen (secondary N) is 1. The Labute approximate surface area is 138 Å². The number of fused-ring (bicyclic) bond motifs is 1. The quantitative estimate of drug-likeness (QED) is 0.880. The van der Waals surface area contributed by atoms with Crippen molar-refractivity contribution in [1.82, 2.24) is 14.9 Å². The zero-order chi connectivity index (χ0) is 16.7. The third-order valence-corrected chi connectivity index (χ3v) is 5.08. The summed E-state index contributed by atoms with van der Waals surface area (Å²) in [5.41, 5.74) is -1.64. The van der Waals surface area contributed by atoms with Crippen molar-refractivity contribution in [2.24, 2.45) is 11.8 Å². The minimum atomic E-state index is -1.64. The molecule has 7 nitrogen and oxygen atoms in total. The summed E-state index contributed by atoms with van der Waals surface area (Å²) in [5.74, 6) is -0.0422. The van der Waals surface area contributed by atoms with Gasteiger partial charge in [0.1, 0.15) is 0 Å². The third-order valence-electron chi connectivity index (χ3n) is 5.08. The second kappa shape index (κ2) is 5.77. The van der Waals surface area contributed by atoms with Gasteiger partial charge in [0, 0.05) is 37.8 Å². The molecule has 0 aromatic carbocycles. The van der Waals surface area contributed by atoms with E-state index in [1.54, 1.807) is 4.90 Å². The fraction of sp³-hybridized carbons (Fsp3) is 0.625. The summed E-state index contributed by atoms with van der Waals surface area (Å²) in [6.45, 7) is 1.39. The molecule has 2 amide bonds. The number of rotatable bonds is 4. The van der Waals surface area contributed by atoms with Gasteiger partial charge in [-0.15, -0.1) is 0 Å². The van der Waals surface area contributed by atoms with E-state index in [4.69, 9.17) is 4.74 Å². The average Bonchev–Trinajstić information content (AvgIpc) is 3.03. The lowest BCUT2D eigenvalue weighted by atomic mass is 9.90. The minimum absolute atomic E-state index is 0.0271. The maximum atomic E-state index is 14.0. The van der Waals surface area contributed by atoms with Gasteiger partial charge in [-0.3, -0.25) is 14.6 Å².